The number of ether oxygens (including phenoxy) is 1. The van der Waals surface area contributed by atoms with Gasteiger partial charge in [-0.1, -0.05) is 11.6 Å². The third-order valence-corrected chi connectivity index (χ3v) is 2.29. The first-order valence-electron chi connectivity index (χ1n) is 5.88. The highest BCUT2D eigenvalue weighted by molar-refractivity contribution is 6.29. The molecule has 1 aromatic heterocycles. The number of carboxylic acids is 1. The van der Waals surface area contributed by atoms with Crippen LogP contribution in [0.25, 0.3) is 0 Å². The molecule has 1 rings (SSSR count). The summed E-state index contributed by atoms with van der Waals surface area (Å²) in [5, 5.41) is 18.9. The van der Waals surface area contributed by atoms with E-state index in [4.69, 9.17) is 21.4 Å². The van der Waals surface area contributed by atoms with Crippen LogP contribution in [-0.4, -0.2) is 39.0 Å². The first-order chi connectivity index (χ1) is 9.17. The molecular formula is C12H16ClN3O4. The van der Waals surface area contributed by atoms with Gasteiger partial charge < -0.3 is 15.2 Å². The number of carbonyl (C=O) groups is 2. The van der Waals surface area contributed by atoms with E-state index in [0.717, 1.165) is 0 Å². The second-order valence-corrected chi connectivity index (χ2v) is 5.48. The summed E-state index contributed by atoms with van der Waals surface area (Å²) in [6.45, 7) is 5.06. The summed E-state index contributed by atoms with van der Waals surface area (Å²) in [5.41, 5.74) is -0.300. The van der Waals surface area contributed by atoms with E-state index in [1.807, 2.05) is 0 Å². The van der Waals surface area contributed by atoms with Gasteiger partial charge in [0.1, 0.15) is 11.6 Å². The minimum Gasteiger partial charge on any atom is -0.480 e. The topological polar surface area (TPSA) is 101 Å². The molecule has 0 aliphatic carbocycles. The zero-order valence-electron chi connectivity index (χ0n) is 11.4. The summed E-state index contributed by atoms with van der Waals surface area (Å²) in [6, 6.07) is 1.89. The lowest BCUT2D eigenvalue weighted by molar-refractivity contribution is -0.139. The minimum absolute atomic E-state index is 0.0151. The van der Waals surface area contributed by atoms with Crippen molar-refractivity contribution in [3.8, 4) is 0 Å². The summed E-state index contributed by atoms with van der Waals surface area (Å²) in [4.78, 5) is 22.7. The van der Waals surface area contributed by atoms with Crippen LogP contribution in [0, 0.1) is 0 Å². The normalized spacial score (nSPS) is 12.6. The van der Waals surface area contributed by atoms with Crippen LogP contribution >= 0.6 is 11.6 Å². The second-order valence-electron chi connectivity index (χ2n) is 5.09. The molecule has 0 bridgehead atoms. The van der Waals surface area contributed by atoms with E-state index < -0.39 is 23.7 Å². The lowest BCUT2D eigenvalue weighted by Crippen LogP contribution is -2.44. The monoisotopic (exact) mass is 301 g/mol. The van der Waals surface area contributed by atoms with Crippen molar-refractivity contribution in [3.63, 3.8) is 0 Å². The molecule has 0 fully saturated rings. The number of carbonyl (C=O) groups excluding carboxylic acids is 1. The zero-order valence-corrected chi connectivity index (χ0v) is 12.1. The molecule has 1 unspecified atom stereocenters. The van der Waals surface area contributed by atoms with Gasteiger partial charge in [-0.3, -0.25) is 0 Å². The average molecular weight is 302 g/mol. The van der Waals surface area contributed by atoms with Gasteiger partial charge in [-0.05, 0) is 32.9 Å². The zero-order chi connectivity index (χ0) is 15.3. The molecular weight excluding hydrogens is 286 g/mol. The fourth-order valence-electron chi connectivity index (χ4n) is 1.31. The summed E-state index contributed by atoms with van der Waals surface area (Å²) >= 11 is 5.59. The van der Waals surface area contributed by atoms with Gasteiger partial charge in [-0.25, -0.2) is 9.59 Å². The van der Waals surface area contributed by atoms with Crippen molar-refractivity contribution in [2.75, 3.05) is 0 Å². The molecule has 20 heavy (non-hydrogen) atoms. The lowest BCUT2D eigenvalue weighted by Gasteiger charge is -2.21. The molecule has 0 radical (unpaired) electrons. The summed E-state index contributed by atoms with van der Waals surface area (Å²) in [6.07, 6.45) is -0.814. The largest absolute Gasteiger partial charge is 0.480 e. The van der Waals surface area contributed by atoms with Crippen molar-refractivity contribution in [1.82, 2.24) is 15.5 Å². The Morgan fingerprint density at radius 1 is 1.40 bits per heavy atom. The number of aliphatic carboxylic acids is 1. The fourth-order valence-corrected chi connectivity index (χ4v) is 1.41. The van der Waals surface area contributed by atoms with Crippen molar-refractivity contribution in [2.45, 2.75) is 38.8 Å². The number of hydrogen-bond donors (Lipinski definition) is 2. The first kappa shape index (κ1) is 16.2. The van der Waals surface area contributed by atoms with Crippen LogP contribution in [0.5, 0.6) is 0 Å². The number of hydrogen-bond acceptors (Lipinski definition) is 5. The van der Waals surface area contributed by atoms with E-state index in [2.05, 4.69) is 15.5 Å². The molecule has 2 N–H and O–H groups in total. The standard InChI is InChI=1S/C12H16ClN3O4/c1-12(2,3)20-11(19)14-8(10(17)18)6-7-4-5-9(13)16-15-7/h4-5,8H,6H2,1-3H3,(H,14,19)(H,17,18). The van der Waals surface area contributed by atoms with Gasteiger partial charge in [-0.15, -0.1) is 5.10 Å². The highest BCUT2D eigenvalue weighted by Gasteiger charge is 2.24. The Balaban J connectivity index is 2.68. The predicted octanol–water partition coefficient (Wildman–Crippen LogP) is 1.65. The Kier molecular flexibility index (Phi) is 5.26. The molecule has 0 aliphatic rings. The van der Waals surface area contributed by atoms with Crippen molar-refractivity contribution in [3.05, 3.63) is 23.0 Å². The van der Waals surface area contributed by atoms with Gasteiger partial charge in [0, 0.05) is 6.42 Å². The molecule has 0 saturated heterocycles. The van der Waals surface area contributed by atoms with E-state index in [-0.39, 0.29) is 11.6 Å². The maximum atomic E-state index is 11.6. The van der Waals surface area contributed by atoms with E-state index in [0.29, 0.717) is 5.69 Å². The minimum atomic E-state index is -1.19. The summed E-state index contributed by atoms with van der Waals surface area (Å²) in [7, 11) is 0. The molecule has 1 amide bonds. The van der Waals surface area contributed by atoms with Gasteiger partial charge in [0.05, 0.1) is 5.69 Å². The molecule has 1 heterocycles. The predicted molar refractivity (Wildman–Crippen MR) is 71.5 cm³/mol. The molecule has 7 nitrogen and oxygen atoms in total. The molecule has 0 spiro atoms. The van der Waals surface area contributed by atoms with Crippen LogP contribution in [0.2, 0.25) is 5.15 Å². The van der Waals surface area contributed by atoms with Crippen molar-refractivity contribution >= 4 is 23.7 Å². The Bertz CT molecular complexity index is 484. The summed E-state index contributed by atoms with van der Waals surface area (Å²) < 4.78 is 5.00. The molecule has 0 aromatic carbocycles. The lowest BCUT2D eigenvalue weighted by atomic mass is 10.1. The molecule has 1 aromatic rings. The number of nitrogens with zero attached hydrogens (tertiary/aromatic N) is 2. The third-order valence-electron chi connectivity index (χ3n) is 2.09. The van der Waals surface area contributed by atoms with Crippen molar-refractivity contribution in [1.29, 1.82) is 0 Å². The quantitative estimate of drug-likeness (QED) is 0.877. The second kappa shape index (κ2) is 6.51. The Morgan fingerprint density at radius 2 is 2.05 bits per heavy atom. The highest BCUT2D eigenvalue weighted by atomic mass is 35.5. The van der Waals surface area contributed by atoms with E-state index >= 15 is 0 Å². The SMILES string of the molecule is CC(C)(C)OC(=O)NC(Cc1ccc(Cl)nn1)C(=O)O. The van der Waals surface area contributed by atoms with Crippen LogP contribution in [0.1, 0.15) is 26.5 Å². The van der Waals surface area contributed by atoms with Crippen molar-refractivity contribution < 1.29 is 19.4 Å². The fraction of sp³-hybridized carbons (Fsp3) is 0.500. The molecule has 8 heteroatoms. The highest BCUT2D eigenvalue weighted by Crippen LogP contribution is 2.08. The maximum Gasteiger partial charge on any atom is 0.408 e. The Morgan fingerprint density at radius 3 is 2.50 bits per heavy atom. The number of amides is 1. The van der Waals surface area contributed by atoms with Crippen LogP contribution in [-0.2, 0) is 16.0 Å². The number of rotatable bonds is 4. The van der Waals surface area contributed by atoms with Crippen LogP contribution < -0.4 is 5.32 Å². The molecule has 0 aliphatic heterocycles. The van der Waals surface area contributed by atoms with E-state index in [1.54, 1.807) is 26.8 Å². The Labute approximate surface area is 121 Å². The van der Waals surface area contributed by atoms with Crippen LogP contribution in [0.3, 0.4) is 0 Å². The number of halogens is 1. The van der Waals surface area contributed by atoms with Crippen molar-refractivity contribution in [2.24, 2.45) is 0 Å². The van der Waals surface area contributed by atoms with E-state index in [9.17, 15) is 9.59 Å². The number of aromatic nitrogens is 2. The number of nitrogens with one attached hydrogen (secondary N) is 1. The van der Waals surface area contributed by atoms with Gasteiger partial charge in [-0.2, -0.15) is 5.10 Å². The Hall–Kier alpha value is -1.89. The maximum absolute atomic E-state index is 11.6. The average Bonchev–Trinajstić information content (AvgIpc) is 2.28. The number of alkyl carbamates (subject to hydrolysis) is 1. The number of carboxylic acid groups (broad SMARTS) is 1. The third kappa shape index (κ3) is 5.83. The smallest absolute Gasteiger partial charge is 0.408 e. The van der Waals surface area contributed by atoms with Gasteiger partial charge in [0.2, 0.25) is 0 Å². The molecule has 110 valence electrons. The molecule has 0 saturated carbocycles. The first-order valence-corrected chi connectivity index (χ1v) is 6.25. The summed E-state index contributed by atoms with van der Waals surface area (Å²) in [5.74, 6) is -1.19. The molecule has 1 atom stereocenters. The van der Waals surface area contributed by atoms with Crippen LogP contribution in [0.4, 0.5) is 4.79 Å². The van der Waals surface area contributed by atoms with Gasteiger partial charge in [0.15, 0.2) is 5.15 Å². The van der Waals surface area contributed by atoms with E-state index in [1.165, 1.54) is 6.07 Å². The van der Waals surface area contributed by atoms with Gasteiger partial charge in [0.25, 0.3) is 0 Å². The van der Waals surface area contributed by atoms with Gasteiger partial charge >= 0.3 is 12.1 Å². The van der Waals surface area contributed by atoms with Crippen LogP contribution in [0.15, 0.2) is 12.1 Å².